The molecule has 0 aliphatic heterocycles. The number of nitrogens with one attached hydrogen (secondary N) is 2. The summed E-state index contributed by atoms with van der Waals surface area (Å²) in [4.78, 5) is 27.5. The second-order valence-electron chi connectivity index (χ2n) is 5.98. The number of fused-ring (bicyclic) bond motifs is 2. The van der Waals surface area contributed by atoms with E-state index in [2.05, 4.69) is 10.3 Å². The van der Waals surface area contributed by atoms with Crippen molar-refractivity contribution in [2.24, 2.45) is 0 Å². The minimum absolute atomic E-state index is 0.0367. The number of H-pyrrole nitrogens is 1. The highest BCUT2D eigenvalue weighted by molar-refractivity contribution is 5.83. The molecule has 0 aliphatic rings. The van der Waals surface area contributed by atoms with Gasteiger partial charge in [-0.25, -0.2) is 0 Å². The Morgan fingerprint density at radius 1 is 1.04 bits per heavy atom. The molecule has 0 bridgehead atoms. The van der Waals surface area contributed by atoms with Crippen molar-refractivity contribution in [1.82, 2.24) is 14.9 Å². The van der Waals surface area contributed by atoms with E-state index in [-0.39, 0.29) is 17.9 Å². The van der Waals surface area contributed by atoms with Gasteiger partial charge < -0.3 is 14.9 Å². The molecular formula is C20H17N3O2. The first-order valence-corrected chi connectivity index (χ1v) is 8.12. The number of hydrogen-bond donors (Lipinski definition) is 2. The molecule has 0 aliphatic carbocycles. The number of rotatable bonds is 4. The molecule has 2 aromatic carbocycles. The van der Waals surface area contributed by atoms with Crippen LogP contribution in [0.4, 0.5) is 0 Å². The first-order chi connectivity index (χ1) is 12.2. The Hall–Kier alpha value is -3.34. The van der Waals surface area contributed by atoms with Crippen LogP contribution in [0.25, 0.3) is 21.8 Å². The van der Waals surface area contributed by atoms with Gasteiger partial charge in [0.15, 0.2) is 5.43 Å². The lowest BCUT2D eigenvalue weighted by Crippen LogP contribution is -2.27. The molecule has 0 saturated carbocycles. The molecule has 124 valence electrons. The van der Waals surface area contributed by atoms with Crippen LogP contribution in [0.15, 0.2) is 71.7 Å². The van der Waals surface area contributed by atoms with Gasteiger partial charge in [-0.05, 0) is 29.7 Å². The van der Waals surface area contributed by atoms with E-state index >= 15 is 0 Å². The van der Waals surface area contributed by atoms with Gasteiger partial charge in [-0.3, -0.25) is 9.59 Å². The van der Waals surface area contributed by atoms with Gasteiger partial charge in [0.25, 0.3) is 0 Å². The lowest BCUT2D eigenvalue weighted by atomic mass is 10.2. The summed E-state index contributed by atoms with van der Waals surface area (Å²) in [6, 6.07) is 18.8. The van der Waals surface area contributed by atoms with E-state index in [0.717, 1.165) is 22.1 Å². The van der Waals surface area contributed by atoms with Gasteiger partial charge in [0.2, 0.25) is 5.91 Å². The van der Waals surface area contributed by atoms with Crippen LogP contribution in [0.5, 0.6) is 0 Å². The van der Waals surface area contributed by atoms with Gasteiger partial charge in [-0.1, -0.05) is 30.3 Å². The second kappa shape index (κ2) is 6.28. The Labute approximate surface area is 143 Å². The van der Waals surface area contributed by atoms with Crippen LogP contribution in [0.2, 0.25) is 0 Å². The summed E-state index contributed by atoms with van der Waals surface area (Å²) in [7, 11) is 0. The number of aromatic nitrogens is 2. The Balaban J connectivity index is 1.49. The number of aromatic amines is 1. The van der Waals surface area contributed by atoms with Gasteiger partial charge in [-0.2, -0.15) is 0 Å². The zero-order valence-corrected chi connectivity index (χ0v) is 13.5. The quantitative estimate of drug-likeness (QED) is 0.604. The largest absolute Gasteiger partial charge is 0.357 e. The highest BCUT2D eigenvalue weighted by Crippen LogP contribution is 2.14. The molecule has 0 unspecified atom stereocenters. The van der Waals surface area contributed by atoms with Gasteiger partial charge in [0.1, 0.15) is 6.54 Å². The Morgan fingerprint density at radius 3 is 2.72 bits per heavy atom. The van der Waals surface area contributed by atoms with Crippen LogP contribution in [0.3, 0.4) is 0 Å². The monoisotopic (exact) mass is 331 g/mol. The third-order valence-electron chi connectivity index (χ3n) is 4.26. The molecule has 2 aromatic heterocycles. The minimum Gasteiger partial charge on any atom is -0.357 e. The zero-order valence-electron chi connectivity index (χ0n) is 13.5. The smallest absolute Gasteiger partial charge is 0.240 e. The summed E-state index contributed by atoms with van der Waals surface area (Å²) < 4.78 is 1.79. The van der Waals surface area contributed by atoms with Crippen LogP contribution in [-0.4, -0.2) is 15.5 Å². The summed E-state index contributed by atoms with van der Waals surface area (Å²) in [5.41, 5.74) is 2.73. The maximum absolute atomic E-state index is 12.3. The van der Waals surface area contributed by atoms with Crippen LogP contribution in [-0.2, 0) is 17.9 Å². The lowest BCUT2D eigenvalue weighted by Gasteiger charge is -2.10. The predicted octanol–water partition coefficient (Wildman–Crippen LogP) is 2.80. The minimum atomic E-state index is -0.104. The summed E-state index contributed by atoms with van der Waals surface area (Å²) in [5.74, 6) is -0.104. The van der Waals surface area contributed by atoms with E-state index < -0.39 is 0 Å². The first kappa shape index (κ1) is 15.2. The third kappa shape index (κ3) is 3.04. The van der Waals surface area contributed by atoms with E-state index in [9.17, 15) is 9.59 Å². The molecule has 0 fully saturated rings. The number of carbonyl (C=O) groups excluding carboxylic acids is 1. The van der Waals surface area contributed by atoms with E-state index in [1.807, 2.05) is 48.5 Å². The van der Waals surface area contributed by atoms with Crippen LogP contribution < -0.4 is 10.7 Å². The van der Waals surface area contributed by atoms with Gasteiger partial charge in [-0.15, -0.1) is 0 Å². The standard InChI is InChI=1S/C20H17N3O2/c24-19-9-10-23(18-8-4-2-6-16(18)19)13-20(25)21-12-15-11-14-5-1-3-7-17(14)22-15/h1-11,22H,12-13H2,(H,21,25). The number of amides is 1. The topological polar surface area (TPSA) is 66.9 Å². The zero-order chi connectivity index (χ0) is 17.2. The second-order valence-corrected chi connectivity index (χ2v) is 5.98. The predicted molar refractivity (Wildman–Crippen MR) is 98.4 cm³/mol. The van der Waals surface area contributed by atoms with Crippen molar-refractivity contribution in [3.05, 3.63) is 82.8 Å². The molecule has 1 amide bonds. The Bertz CT molecular complexity index is 1090. The normalized spacial score (nSPS) is 11.0. The van der Waals surface area contributed by atoms with Gasteiger partial charge >= 0.3 is 0 Å². The molecule has 25 heavy (non-hydrogen) atoms. The van der Waals surface area contributed by atoms with Crippen molar-refractivity contribution in [2.45, 2.75) is 13.1 Å². The summed E-state index contributed by atoms with van der Waals surface area (Å²) in [6.45, 7) is 0.604. The number of hydrogen-bond acceptors (Lipinski definition) is 2. The average Bonchev–Trinajstić information content (AvgIpc) is 3.06. The third-order valence-corrected chi connectivity index (χ3v) is 4.26. The number of para-hydroxylation sites is 2. The van der Waals surface area contributed by atoms with Gasteiger partial charge in [0, 0.05) is 28.9 Å². The molecule has 0 radical (unpaired) electrons. The Morgan fingerprint density at radius 2 is 1.84 bits per heavy atom. The summed E-state index contributed by atoms with van der Waals surface area (Å²) >= 11 is 0. The van der Waals surface area contributed by atoms with Crippen molar-refractivity contribution in [1.29, 1.82) is 0 Å². The van der Waals surface area contributed by atoms with Crippen LogP contribution in [0.1, 0.15) is 5.69 Å². The maximum atomic E-state index is 12.3. The summed E-state index contributed by atoms with van der Waals surface area (Å²) in [6.07, 6.45) is 1.66. The fourth-order valence-corrected chi connectivity index (χ4v) is 3.03. The van der Waals surface area contributed by atoms with Crippen molar-refractivity contribution in [3.63, 3.8) is 0 Å². The number of benzene rings is 2. The molecule has 4 rings (SSSR count). The van der Waals surface area contributed by atoms with Crippen LogP contribution >= 0.6 is 0 Å². The fourth-order valence-electron chi connectivity index (χ4n) is 3.03. The SMILES string of the molecule is O=C(Cn1ccc(=O)c2ccccc21)NCc1cc2ccccc2[nH]1. The highest BCUT2D eigenvalue weighted by atomic mass is 16.2. The molecule has 5 nitrogen and oxygen atoms in total. The van der Waals surface area contributed by atoms with E-state index in [1.165, 1.54) is 6.07 Å². The van der Waals surface area contributed by atoms with E-state index in [0.29, 0.717) is 11.9 Å². The number of nitrogens with zero attached hydrogens (tertiary/aromatic N) is 1. The average molecular weight is 331 g/mol. The molecule has 2 heterocycles. The van der Waals surface area contributed by atoms with E-state index in [4.69, 9.17) is 0 Å². The van der Waals surface area contributed by atoms with Crippen molar-refractivity contribution in [3.8, 4) is 0 Å². The lowest BCUT2D eigenvalue weighted by molar-refractivity contribution is -0.121. The van der Waals surface area contributed by atoms with E-state index in [1.54, 1.807) is 16.8 Å². The van der Waals surface area contributed by atoms with Gasteiger partial charge in [0.05, 0.1) is 12.1 Å². The fraction of sp³-hybridized carbons (Fsp3) is 0.100. The van der Waals surface area contributed by atoms with Crippen molar-refractivity contribution >= 4 is 27.7 Å². The summed E-state index contributed by atoms with van der Waals surface area (Å²) in [5, 5.41) is 4.66. The molecule has 0 saturated heterocycles. The molecular weight excluding hydrogens is 314 g/mol. The molecule has 0 spiro atoms. The Kier molecular flexibility index (Phi) is 3.82. The van der Waals surface area contributed by atoms with Crippen molar-refractivity contribution < 1.29 is 4.79 Å². The molecule has 0 atom stereocenters. The molecule has 2 N–H and O–H groups in total. The van der Waals surface area contributed by atoms with Crippen LogP contribution in [0, 0.1) is 0 Å². The number of carbonyl (C=O) groups is 1. The molecule has 4 aromatic rings. The molecule has 5 heteroatoms. The first-order valence-electron chi connectivity index (χ1n) is 8.12. The van der Waals surface area contributed by atoms with Crippen molar-refractivity contribution in [2.75, 3.05) is 0 Å². The maximum Gasteiger partial charge on any atom is 0.240 e. The number of pyridine rings is 1. The highest BCUT2D eigenvalue weighted by Gasteiger charge is 2.07.